The van der Waals surface area contributed by atoms with Crippen molar-refractivity contribution in [2.24, 2.45) is 0 Å². The van der Waals surface area contributed by atoms with Crippen LogP contribution in [0, 0.1) is 0 Å². The summed E-state index contributed by atoms with van der Waals surface area (Å²) in [6, 6.07) is 13.2. The highest BCUT2D eigenvalue weighted by Crippen LogP contribution is 2.39. The lowest BCUT2D eigenvalue weighted by Crippen LogP contribution is -2.18. The first-order valence-corrected chi connectivity index (χ1v) is 8.11. The Bertz CT molecular complexity index is 1020. The summed E-state index contributed by atoms with van der Waals surface area (Å²) in [7, 11) is 0. The van der Waals surface area contributed by atoms with E-state index in [-0.39, 0.29) is 11.6 Å². The molecule has 1 saturated carbocycles. The summed E-state index contributed by atoms with van der Waals surface area (Å²) in [4.78, 5) is 24.1. The second-order valence-electron chi connectivity index (χ2n) is 6.03. The average molecular weight is 340 g/mol. The second kappa shape index (κ2) is 5.49. The number of carbonyl (C=O) groups is 1. The fourth-order valence-corrected chi connectivity index (χ4v) is 3.28. The van der Waals surface area contributed by atoms with Crippen LogP contribution in [-0.2, 0) is 0 Å². The molecule has 0 radical (unpaired) electrons. The van der Waals surface area contributed by atoms with Gasteiger partial charge >= 0.3 is 5.97 Å². The van der Waals surface area contributed by atoms with Gasteiger partial charge in [0.05, 0.1) is 10.5 Å². The van der Waals surface area contributed by atoms with Crippen LogP contribution < -0.4 is 5.43 Å². The van der Waals surface area contributed by atoms with Crippen molar-refractivity contribution in [2.75, 3.05) is 0 Å². The van der Waals surface area contributed by atoms with Crippen molar-refractivity contribution in [3.8, 4) is 11.1 Å². The summed E-state index contributed by atoms with van der Waals surface area (Å²) in [6.07, 6.45) is 3.41. The van der Waals surface area contributed by atoms with Crippen molar-refractivity contribution in [2.45, 2.75) is 18.9 Å². The van der Waals surface area contributed by atoms with Gasteiger partial charge < -0.3 is 9.67 Å². The van der Waals surface area contributed by atoms with E-state index in [9.17, 15) is 14.7 Å². The fourth-order valence-electron chi connectivity index (χ4n) is 3.02. The minimum atomic E-state index is -1.20. The molecule has 0 amide bonds. The zero-order valence-electron chi connectivity index (χ0n) is 12.7. The summed E-state index contributed by atoms with van der Waals surface area (Å²) in [5, 5.41) is 10.3. The maximum Gasteiger partial charge on any atom is 0.341 e. The largest absolute Gasteiger partial charge is 0.477 e. The summed E-state index contributed by atoms with van der Waals surface area (Å²) >= 11 is 6.46. The first-order chi connectivity index (χ1) is 11.6. The lowest BCUT2D eigenvalue weighted by atomic mass is 10.0. The molecule has 1 N–H and O–H groups in total. The van der Waals surface area contributed by atoms with Gasteiger partial charge in [-0.25, -0.2) is 4.79 Å². The van der Waals surface area contributed by atoms with Crippen LogP contribution in [0.4, 0.5) is 0 Å². The molecule has 0 saturated heterocycles. The van der Waals surface area contributed by atoms with Gasteiger partial charge in [0.25, 0.3) is 0 Å². The van der Waals surface area contributed by atoms with Crippen LogP contribution in [0.25, 0.3) is 22.0 Å². The Kier molecular flexibility index (Phi) is 3.43. The van der Waals surface area contributed by atoms with Crippen LogP contribution in [0.15, 0.2) is 53.5 Å². The molecule has 1 aliphatic rings. The quantitative estimate of drug-likeness (QED) is 0.771. The molecular weight excluding hydrogens is 326 g/mol. The first-order valence-electron chi connectivity index (χ1n) is 7.73. The Hall–Kier alpha value is -2.59. The van der Waals surface area contributed by atoms with Gasteiger partial charge in [-0.1, -0.05) is 41.9 Å². The van der Waals surface area contributed by atoms with E-state index in [1.165, 1.54) is 6.20 Å². The molecule has 0 aliphatic heterocycles. The topological polar surface area (TPSA) is 59.3 Å². The number of aromatic carboxylic acids is 1. The van der Waals surface area contributed by atoms with E-state index in [1.54, 1.807) is 12.1 Å². The normalized spacial score (nSPS) is 14.0. The number of halogens is 1. The van der Waals surface area contributed by atoms with Crippen LogP contribution in [0.3, 0.4) is 0 Å². The van der Waals surface area contributed by atoms with E-state index in [1.807, 2.05) is 34.9 Å². The van der Waals surface area contributed by atoms with Crippen molar-refractivity contribution < 1.29 is 9.90 Å². The minimum Gasteiger partial charge on any atom is -0.477 e. The molecule has 24 heavy (non-hydrogen) atoms. The number of fused-ring (bicyclic) bond motifs is 1. The van der Waals surface area contributed by atoms with Gasteiger partial charge in [-0.3, -0.25) is 4.79 Å². The summed E-state index contributed by atoms with van der Waals surface area (Å²) in [5.74, 6) is -1.20. The van der Waals surface area contributed by atoms with Crippen molar-refractivity contribution in [1.82, 2.24) is 4.57 Å². The SMILES string of the molecule is O=C(O)c1cn(C2CC2)c2cc(Cl)c(-c3ccccc3)cc2c1=O. The number of rotatable bonds is 3. The zero-order chi connectivity index (χ0) is 16.8. The smallest absolute Gasteiger partial charge is 0.341 e. The summed E-state index contributed by atoms with van der Waals surface area (Å²) < 4.78 is 1.88. The van der Waals surface area contributed by atoms with Crippen molar-refractivity contribution in [3.63, 3.8) is 0 Å². The van der Waals surface area contributed by atoms with E-state index in [0.717, 1.165) is 24.0 Å². The Balaban J connectivity index is 2.07. The molecule has 4 nitrogen and oxygen atoms in total. The monoisotopic (exact) mass is 339 g/mol. The number of hydrogen-bond donors (Lipinski definition) is 1. The maximum atomic E-state index is 12.6. The number of aromatic nitrogens is 1. The third-order valence-corrected chi connectivity index (χ3v) is 4.69. The second-order valence-corrected chi connectivity index (χ2v) is 6.44. The van der Waals surface area contributed by atoms with Crippen LogP contribution >= 0.6 is 11.6 Å². The van der Waals surface area contributed by atoms with E-state index < -0.39 is 11.4 Å². The molecule has 0 unspecified atom stereocenters. The fraction of sp³-hybridized carbons (Fsp3) is 0.158. The van der Waals surface area contributed by atoms with E-state index in [0.29, 0.717) is 15.9 Å². The lowest BCUT2D eigenvalue weighted by Gasteiger charge is -2.14. The highest BCUT2D eigenvalue weighted by atomic mass is 35.5. The van der Waals surface area contributed by atoms with Gasteiger partial charge in [-0.2, -0.15) is 0 Å². The van der Waals surface area contributed by atoms with Crippen LogP contribution in [0.5, 0.6) is 0 Å². The molecule has 2 aromatic carbocycles. The maximum absolute atomic E-state index is 12.6. The number of benzene rings is 2. The Morgan fingerprint density at radius 3 is 2.50 bits per heavy atom. The van der Waals surface area contributed by atoms with Crippen molar-refractivity contribution in [3.05, 3.63) is 69.5 Å². The Morgan fingerprint density at radius 1 is 1.17 bits per heavy atom. The molecule has 1 heterocycles. The van der Waals surface area contributed by atoms with Gasteiger partial charge in [0.1, 0.15) is 5.56 Å². The molecule has 1 fully saturated rings. The lowest BCUT2D eigenvalue weighted by molar-refractivity contribution is 0.0695. The molecule has 0 spiro atoms. The van der Waals surface area contributed by atoms with Crippen molar-refractivity contribution in [1.29, 1.82) is 0 Å². The predicted molar refractivity (Wildman–Crippen MR) is 93.9 cm³/mol. The summed E-state index contributed by atoms with van der Waals surface area (Å²) in [6.45, 7) is 0. The van der Waals surface area contributed by atoms with Crippen molar-refractivity contribution >= 4 is 28.5 Å². The van der Waals surface area contributed by atoms with Gasteiger partial charge in [-0.15, -0.1) is 0 Å². The highest BCUT2D eigenvalue weighted by molar-refractivity contribution is 6.34. The van der Waals surface area contributed by atoms with Crippen LogP contribution in [0.2, 0.25) is 5.02 Å². The molecule has 0 bridgehead atoms. The van der Waals surface area contributed by atoms with Crippen LogP contribution in [-0.4, -0.2) is 15.6 Å². The molecule has 1 aromatic heterocycles. The number of carboxylic acid groups (broad SMARTS) is 1. The molecule has 120 valence electrons. The number of nitrogens with zero attached hydrogens (tertiary/aromatic N) is 1. The Labute approximate surface area is 142 Å². The molecule has 5 heteroatoms. The van der Waals surface area contributed by atoms with Gasteiger partial charge in [0.2, 0.25) is 5.43 Å². The number of carboxylic acids is 1. The van der Waals surface area contributed by atoms with Gasteiger partial charge in [-0.05, 0) is 30.5 Å². The average Bonchev–Trinajstić information content (AvgIpc) is 3.40. The third kappa shape index (κ3) is 2.39. The van der Waals surface area contributed by atoms with E-state index in [4.69, 9.17) is 11.6 Å². The molecule has 0 atom stereocenters. The van der Waals surface area contributed by atoms with Gasteiger partial charge in [0, 0.05) is 23.2 Å². The molecular formula is C19H14ClNO3. The zero-order valence-corrected chi connectivity index (χ0v) is 13.5. The first kappa shape index (κ1) is 15.0. The third-order valence-electron chi connectivity index (χ3n) is 4.38. The minimum absolute atomic E-state index is 0.198. The highest BCUT2D eigenvalue weighted by Gasteiger charge is 2.27. The Morgan fingerprint density at radius 2 is 1.88 bits per heavy atom. The molecule has 4 rings (SSSR count). The molecule has 3 aromatic rings. The number of hydrogen-bond acceptors (Lipinski definition) is 2. The standard InChI is InChI=1S/C19H14ClNO3/c20-16-9-17-14(8-13(16)11-4-2-1-3-5-11)18(22)15(19(23)24)10-21(17)12-6-7-12/h1-5,8-10,12H,6-7H2,(H,23,24). The van der Waals surface area contributed by atoms with E-state index in [2.05, 4.69) is 0 Å². The van der Waals surface area contributed by atoms with E-state index >= 15 is 0 Å². The molecule has 1 aliphatic carbocycles. The summed E-state index contributed by atoms with van der Waals surface area (Å²) in [5.41, 5.74) is 1.64. The predicted octanol–water partition coefficient (Wildman–Crippen LogP) is 4.36. The number of pyridine rings is 1. The van der Waals surface area contributed by atoms with Gasteiger partial charge in [0.15, 0.2) is 0 Å². The van der Waals surface area contributed by atoms with Crippen LogP contribution in [0.1, 0.15) is 29.2 Å².